The number of rotatable bonds is 2. The molecule has 2 aromatic rings. The molecule has 2 aliphatic rings. The monoisotopic (exact) mass is 322 g/mol. The molecule has 1 aromatic carbocycles. The third-order valence-corrected chi connectivity index (χ3v) is 4.99. The van der Waals surface area contributed by atoms with Gasteiger partial charge in [0.05, 0.1) is 12.3 Å². The predicted octanol–water partition coefficient (Wildman–Crippen LogP) is 4.16. The number of furan rings is 1. The normalized spacial score (nSPS) is 20.2. The van der Waals surface area contributed by atoms with Crippen LogP contribution in [0.3, 0.4) is 0 Å². The SMILES string of the molecule is O=C(NC1CCCc2occc21)N1CC=C(c2ccccc2)CC1. The molecule has 1 unspecified atom stereocenters. The van der Waals surface area contributed by atoms with Gasteiger partial charge >= 0.3 is 6.03 Å². The Kier molecular flexibility index (Phi) is 4.11. The third-order valence-electron chi connectivity index (χ3n) is 4.99. The standard InChI is InChI=1S/C20H22N2O2/c23-20(21-18-7-4-8-19-17(18)11-14-24-19)22-12-9-16(10-13-22)15-5-2-1-3-6-15/h1-3,5-6,9,11,14,18H,4,7-8,10,12-13H2,(H,21,23). The first-order chi connectivity index (χ1) is 11.8. The van der Waals surface area contributed by atoms with Crippen molar-refractivity contribution in [3.63, 3.8) is 0 Å². The van der Waals surface area contributed by atoms with Crippen molar-refractivity contribution in [2.75, 3.05) is 13.1 Å². The number of aryl methyl sites for hydroxylation is 1. The van der Waals surface area contributed by atoms with Crippen LogP contribution in [0.1, 0.15) is 42.2 Å². The van der Waals surface area contributed by atoms with Crippen LogP contribution in [-0.2, 0) is 6.42 Å². The fraction of sp³-hybridized carbons (Fsp3) is 0.350. The van der Waals surface area contributed by atoms with Crippen LogP contribution in [0.4, 0.5) is 4.79 Å². The maximum atomic E-state index is 12.6. The van der Waals surface area contributed by atoms with Crippen LogP contribution < -0.4 is 5.32 Å². The van der Waals surface area contributed by atoms with Gasteiger partial charge in [0.1, 0.15) is 5.76 Å². The van der Waals surface area contributed by atoms with Crippen molar-refractivity contribution in [1.82, 2.24) is 10.2 Å². The molecule has 0 spiro atoms. The van der Waals surface area contributed by atoms with Gasteiger partial charge in [0.15, 0.2) is 0 Å². The average molecular weight is 322 g/mol. The Balaban J connectivity index is 1.40. The fourth-order valence-electron chi connectivity index (χ4n) is 3.64. The topological polar surface area (TPSA) is 45.5 Å². The van der Waals surface area contributed by atoms with Crippen LogP contribution in [0.2, 0.25) is 0 Å². The summed E-state index contributed by atoms with van der Waals surface area (Å²) >= 11 is 0. The van der Waals surface area contributed by atoms with E-state index >= 15 is 0 Å². The summed E-state index contributed by atoms with van der Waals surface area (Å²) in [4.78, 5) is 14.5. The van der Waals surface area contributed by atoms with Gasteiger partial charge in [-0.25, -0.2) is 4.79 Å². The van der Waals surface area contributed by atoms with Gasteiger partial charge in [-0.1, -0.05) is 36.4 Å². The Hall–Kier alpha value is -2.49. The quantitative estimate of drug-likeness (QED) is 0.902. The fourth-order valence-corrected chi connectivity index (χ4v) is 3.64. The van der Waals surface area contributed by atoms with Crippen molar-refractivity contribution in [1.29, 1.82) is 0 Å². The van der Waals surface area contributed by atoms with Crippen molar-refractivity contribution >= 4 is 11.6 Å². The molecule has 1 aliphatic heterocycles. The molecular weight excluding hydrogens is 300 g/mol. The number of benzene rings is 1. The summed E-state index contributed by atoms with van der Waals surface area (Å²) in [7, 11) is 0. The molecule has 2 amide bonds. The first kappa shape index (κ1) is 15.1. The lowest BCUT2D eigenvalue weighted by Gasteiger charge is -2.30. The Bertz CT molecular complexity index is 748. The van der Waals surface area contributed by atoms with Gasteiger partial charge in [0.25, 0.3) is 0 Å². The van der Waals surface area contributed by atoms with E-state index in [0.29, 0.717) is 6.54 Å². The number of amides is 2. The largest absolute Gasteiger partial charge is 0.469 e. The van der Waals surface area contributed by atoms with Crippen LogP contribution in [0.5, 0.6) is 0 Å². The van der Waals surface area contributed by atoms with Crippen LogP contribution in [0, 0.1) is 0 Å². The molecule has 0 fully saturated rings. The van der Waals surface area contributed by atoms with E-state index in [1.165, 1.54) is 11.1 Å². The van der Waals surface area contributed by atoms with Crippen molar-refractivity contribution < 1.29 is 9.21 Å². The molecule has 1 aliphatic carbocycles. The number of hydrogen-bond acceptors (Lipinski definition) is 2. The smallest absolute Gasteiger partial charge is 0.318 e. The van der Waals surface area contributed by atoms with Crippen LogP contribution in [-0.4, -0.2) is 24.0 Å². The Morgan fingerprint density at radius 1 is 1.17 bits per heavy atom. The lowest BCUT2D eigenvalue weighted by Crippen LogP contribution is -2.44. The molecule has 2 heterocycles. The van der Waals surface area contributed by atoms with E-state index in [4.69, 9.17) is 4.42 Å². The van der Waals surface area contributed by atoms with Crippen LogP contribution >= 0.6 is 0 Å². The zero-order chi connectivity index (χ0) is 16.4. The number of nitrogens with one attached hydrogen (secondary N) is 1. The zero-order valence-corrected chi connectivity index (χ0v) is 13.7. The summed E-state index contributed by atoms with van der Waals surface area (Å²) in [5.74, 6) is 1.02. The molecule has 4 heteroatoms. The minimum absolute atomic E-state index is 0.0254. The number of carbonyl (C=O) groups is 1. The molecule has 4 nitrogen and oxygen atoms in total. The molecule has 0 saturated carbocycles. The maximum Gasteiger partial charge on any atom is 0.318 e. The number of hydrogen-bond donors (Lipinski definition) is 1. The second-order valence-corrected chi connectivity index (χ2v) is 6.48. The molecule has 1 N–H and O–H groups in total. The minimum Gasteiger partial charge on any atom is -0.469 e. The van der Waals surface area contributed by atoms with Crippen LogP contribution in [0.15, 0.2) is 53.2 Å². The van der Waals surface area contributed by atoms with E-state index in [-0.39, 0.29) is 12.1 Å². The van der Waals surface area contributed by atoms with Crippen molar-refractivity contribution in [2.24, 2.45) is 0 Å². The van der Waals surface area contributed by atoms with Crippen molar-refractivity contribution in [3.05, 3.63) is 65.6 Å². The van der Waals surface area contributed by atoms with E-state index in [1.54, 1.807) is 6.26 Å². The van der Waals surface area contributed by atoms with Crippen molar-refractivity contribution in [3.8, 4) is 0 Å². The van der Waals surface area contributed by atoms with Crippen LogP contribution in [0.25, 0.3) is 5.57 Å². The number of fused-ring (bicyclic) bond motifs is 1. The zero-order valence-electron chi connectivity index (χ0n) is 13.7. The number of carbonyl (C=O) groups excluding carboxylic acids is 1. The summed E-state index contributed by atoms with van der Waals surface area (Å²) in [6, 6.07) is 12.5. The maximum absolute atomic E-state index is 12.6. The van der Waals surface area contributed by atoms with E-state index in [1.807, 2.05) is 17.0 Å². The Morgan fingerprint density at radius 3 is 2.83 bits per heavy atom. The molecule has 1 aromatic heterocycles. The highest BCUT2D eigenvalue weighted by Gasteiger charge is 2.26. The van der Waals surface area contributed by atoms with Gasteiger partial charge in [-0.3, -0.25) is 0 Å². The summed E-state index contributed by atoms with van der Waals surface area (Å²) < 4.78 is 5.50. The van der Waals surface area contributed by atoms with Gasteiger partial charge < -0.3 is 14.6 Å². The van der Waals surface area contributed by atoms with E-state index in [2.05, 4.69) is 35.7 Å². The van der Waals surface area contributed by atoms with Gasteiger partial charge in [-0.05, 0) is 36.5 Å². The third kappa shape index (κ3) is 2.96. The van der Waals surface area contributed by atoms with Crippen molar-refractivity contribution in [2.45, 2.75) is 31.7 Å². The second kappa shape index (κ2) is 6.56. The summed E-state index contributed by atoms with van der Waals surface area (Å²) in [5.41, 5.74) is 3.73. The molecule has 1 atom stereocenters. The first-order valence-corrected chi connectivity index (χ1v) is 8.67. The molecule has 0 saturated heterocycles. The van der Waals surface area contributed by atoms with E-state index in [9.17, 15) is 4.79 Å². The lowest BCUT2D eigenvalue weighted by molar-refractivity contribution is 0.197. The molecule has 124 valence electrons. The number of urea groups is 1. The summed E-state index contributed by atoms with van der Waals surface area (Å²) in [5, 5.41) is 3.18. The molecule has 0 radical (unpaired) electrons. The Morgan fingerprint density at radius 2 is 2.04 bits per heavy atom. The van der Waals surface area contributed by atoms with E-state index < -0.39 is 0 Å². The highest BCUT2D eigenvalue weighted by atomic mass is 16.3. The van der Waals surface area contributed by atoms with Gasteiger partial charge in [0.2, 0.25) is 0 Å². The number of nitrogens with zero attached hydrogens (tertiary/aromatic N) is 1. The molecule has 0 bridgehead atoms. The predicted molar refractivity (Wildman–Crippen MR) is 93.5 cm³/mol. The summed E-state index contributed by atoms with van der Waals surface area (Å²) in [6.07, 6.45) is 7.81. The molecular formula is C20H22N2O2. The summed E-state index contributed by atoms with van der Waals surface area (Å²) in [6.45, 7) is 1.43. The highest BCUT2D eigenvalue weighted by Crippen LogP contribution is 2.31. The highest BCUT2D eigenvalue weighted by molar-refractivity contribution is 5.77. The van der Waals surface area contributed by atoms with Gasteiger partial charge in [-0.15, -0.1) is 0 Å². The van der Waals surface area contributed by atoms with E-state index in [0.717, 1.165) is 43.6 Å². The average Bonchev–Trinajstić information content (AvgIpc) is 3.12. The minimum atomic E-state index is 0.0254. The lowest BCUT2D eigenvalue weighted by atomic mass is 9.93. The van der Waals surface area contributed by atoms with Gasteiger partial charge in [-0.2, -0.15) is 0 Å². The first-order valence-electron chi connectivity index (χ1n) is 8.67. The molecule has 24 heavy (non-hydrogen) atoms. The Labute approximate surface area is 142 Å². The van der Waals surface area contributed by atoms with Gasteiger partial charge in [0, 0.05) is 25.1 Å². The molecule has 4 rings (SSSR count). The second-order valence-electron chi connectivity index (χ2n) is 6.48.